The smallest absolute Gasteiger partial charge is 0.255 e. The molecule has 1 aliphatic rings. The van der Waals surface area contributed by atoms with Gasteiger partial charge in [0.25, 0.3) is 5.91 Å². The lowest BCUT2D eigenvalue weighted by atomic mass is 9.94. The summed E-state index contributed by atoms with van der Waals surface area (Å²) in [5.41, 5.74) is 2.93. The number of anilines is 2. The summed E-state index contributed by atoms with van der Waals surface area (Å²) >= 11 is 12.6. The number of halogens is 2. The van der Waals surface area contributed by atoms with Crippen LogP contribution in [0.25, 0.3) is 0 Å². The van der Waals surface area contributed by atoms with E-state index in [1.165, 1.54) is 13.4 Å². The highest BCUT2D eigenvalue weighted by atomic mass is 35.5. The Hall–Kier alpha value is -4.41. The molecule has 2 N–H and O–H groups in total. The van der Waals surface area contributed by atoms with Gasteiger partial charge in [-0.2, -0.15) is 10.1 Å². The molecule has 0 saturated heterocycles. The highest BCUT2D eigenvalue weighted by molar-refractivity contribution is 6.35. The first-order chi connectivity index (χ1) is 19.8. The van der Waals surface area contributed by atoms with Crippen molar-refractivity contribution in [1.29, 1.82) is 0 Å². The molecule has 0 saturated carbocycles. The number of amides is 1. The largest absolute Gasteiger partial charge is 0.497 e. The molecule has 5 rings (SSSR count). The molecule has 12 heteroatoms. The summed E-state index contributed by atoms with van der Waals surface area (Å²) in [4.78, 5) is 18.1. The number of carbonyl (C=O) groups excluding carboxylic acids is 1. The molecule has 3 aromatic carbocycles. The van der Waals surface area contributed by atoms with Crippen LogP contribution in [0.2, 0.25) is 10.0 Å². The number of benzene rings is 3. The predicted octanol–water partition coefficient (Wildman–Crippen LogP) is 6.12. The number of aromatic nitrogens is 3. The summed E-state index contributed by atoms with van der Waals surface area (Å²) in [6.07, 6.45) is 1.43. The monoisotopic (exact) mass is 595 g/mol. The van der Waals surface area contributed by atoms with E-state index in [0.29, 0.717) is 61.5 Å². The van der Waals surface area contributed by atoms with Crippen LogP contribution in [-0.2, 0) is 11.4 Å². The van der Waals surface area contributed by atoms with Gasteiger partial charge >= 0.3 is 0 Å². The maximum Gasteiger partial charge on any atom is 0.255 e. The van der Waals surface area contributed by atoms with Crippen LogP contribution in [-0.4, -0.2) is 42.0 Å². The molecule has 212 valence electrons. The lowest BCUT2D eigenvalue weighted by Crippen LogP contribution is -2.31. The van der Waals surface area contributed by atoms with Crippen LogP contribution in [0.5, 0.6) is 23.0 Å². The highest BCUT2D eigenvalue weighted by Crippen LogP contribution is 2.40. The number of nitrogens with one attached hydrogen (secondary N) is 2. The second-order valence-corrected chi connectivity index (χ2v) is 9.83. The molecular formula is C29H27Cl2N5O5. The van der Waals surface area contributed by atoms with Crippen LogP contribution in [0.4, 0.5) is 11.6 Å². The number of ether oxygens (including phenoxy) is 4. The summed E-state index contributed by atoms with van der Waals surface area (Å²) in [6, 6.07) is 15.2. The second kappa shape index (κ2) is 12.0. The summed E-state index contributed by atoms with van der Waals surface area (Å²) in [5.74, 6) is 2.15. The molecule has 0 aliphatic carbocycles. The Kier molecular flexibility index (Phi) is 8.23. The van der Waals surface area contributed by atoms with Crippen molar-refractivity contribution in [3.05, 3.63) is 93.4 Å². The third-order valence-electron chi connectivity index (χ3n) is 6.63. The van der Waals surface area contributed by atoms with Crippen LogP contribution in [0.3, 0.4) is 0 Å². The Morgan fingerprint density at radius 2 is 1.73 bits per heavy atom. The maximum atomic E-state index is 13.8. The normalized spacial score (nSPS) is 14.1. The van der Waals surface area contributed by atoms with Crippen molar-refractivity contribution in [2.24, 2.45) is 0 Å². The molecule has 1 aliphatic heterocycles. The van der Waals surface area contributed by atoms with Crippen LogP contribution in [0.15, 0.2) is 72.2 Å². The fourth-order valence-electron chi connectivity index (χ4n) is 4.58. The van der Waals surface area contributed by atoms with Gasteiger partial charge in [0, 0.05) is 27.4 Å². The van der Waals surface area contributed by atoms with Gasteiger partial charge in [-0.3, -0.25) is 4.79 Å². The third kappa shape index (κ3) is 5.61. The van der Waals surface area contributed by atoms with E-state index in [1.807, 2.05) is 13.0 Å². The van der Waals surface area contributed by atoms with E-state index < -0.39 is 6.04 Å². The van der Waals surface area contributed by atoms with Crippen molar-refractivity contribution in [3.63, 3.8) is 0 Å². The molecular weight excluding hydrogens is 569 g/mol. The molecule has 0 unspecified atom stereocenters. The van der Waals surface area contributed by atoms with E-state index in [9.17, 15) is 4.79 Å². The first-order valence-corrected chi connectivity index (χ1v) is 13.2. The van der Waals surface area contributed by atoms with Crippen molar-refractivity contribution >= 4 is 40.7 Å². The summed E-state index contributed by atoms with van der Waals surface area (Å²) in [5, 5.41) is 11.5. The number of fused-ring (bicyclic) bond motifs is 1. The number of nitrogens with zero attached hydrogens (tertiary/aromatic N) is 3. The lowest BCUT2D eigenvalue weighted by molar-refractivity contribution is -0.113. The van der Waals surface area contributed by atoms with Crippen molar-refractivity contribution in [3.8, 4) is 23.0 Å². The van der Waals surface area contributed by atoms with Gasteiger partial charge in [-0.1, -0.05) is 35.3 Å². The Morgan fingerprint density at radius 1 is 0.976 bits per heavy atom. The molecule has 1 atom stereocenters. The van der Waals surface area contributed by atoms with Gasteiger partial charge in [0.15, 0.2) is 11.5 Å². The fraction of sp³-hybridized carbons (Fsp3) is 0.207. The second-order valence-electron chi connectivity index (χ2n) is 9.01. The Bertz CT molecular complexity index is 1620. The molecule has 0 bridgehead atoms. The summed E-state index contributed by atoms with van der Waals surface area (Å²) in [6.45, 7) is 1.96. The standard InChI is InChI=1S/C29H27Cl2N5O5/c1-16-26(28(37)35-22-10-9-18(38-2)13-24(22)39-3)27(36-29(34-16)32-15-33-36)17-8-11-23(25(12-17)40-4)41-14-19-20(30)6-5-7-21(19)31/h5-13,15,27H,14H2,1-4H3,(H,35,37)(H,32,33,34)/t27-/m0/s1. The Labute approximate surface area is 246 Å². The topological polar surface area (TPSA) is 109 Å². The van der Waals surface area contributed by atoms with Gasteiger partial charge in [-0.05, 0) is 48.9 Å². The van der Waals surface area contributed by atoms with Gasteiger partial charge in [-0.15, -0.1) is 0 Å². The number of methoxy groups -OCH3 is 3. The van der Waals surface area contributed by atoms with Gasteiger partial charge < -0.3 is 29.6 Å². The van der Waals surface area contributed by atoms with E-state index >= 15 is 0 Å². The molecule has 10 nitrogen and oxygen atoms in total. The van der Waals surface area contributed by atoms with Gasteiger partial charge in [-0.25, -0.2) is 4.68 Å². The number of carbonyl (C=O) groups is 1. The minimum absolute atomic E-state index is 0.144. The van der Waals surface area contributed by atoms with Gasteiger partial charge in [0.1, 0.15) is 30.5 Å². The van der Waals surface area contributed by atoms with Crippen molar-refractivity contribution in [1.82, 2.24) is 14.8 Å². The van der Waals surface area contributed by atoms with Crippen molar-refractivity contribution < 1.29 is 23.7 Å². The number of hydrogen-bond donors (Lipinski definition) is 2. The lowest BCUT2D eigenvalue weighted by Gasteiger charge is -2.29. The molecule has 0 fully saturated rings. The third-order valence-corrected chi connectivity index (χ3v) is 7.34. The zero-order valence-corrected chi connectivity index (χ0v) is 24.2. The number of rotatable bonds is 9. The minimum atomic E-state index is -0.626. The van der Waals surface area contributed by atoms with E-state index in [0.717, 1.165) is 5.56 Å². The van der Waals surface area contributed by atoms with E-state index in [2.05, 4.69) is 20.7 Å². The molecule has 41 heavy (non-hydrogen) atoms. The molecule has 1 aromatic heterocycles. The Balaban J connectivity index is 1.48. The predicted molar refractivity (Wildman–Crippen MR) is 156 cm³/mol. The Morgan fingerprint density at radius 3 is 2.44 bits per heavy atom. The van der Waals surface area contributed by atoms with Crippen LogP contribution in [0, 0.1) is 0 Å². The van der Waals surface area contributed by atoms with Crippen molar-refractivity contribution in [2.75, 3.05) is 32.0 Å². The fourth-order valence-corrected chi connectivity index (χ4v) is 5.08. The molecule has 4 aromatic rings. The SMILES string of the molecule is COc1ccc(NC(=O)C2=C(C)Nc3ncnn3[C@H]2c2ccc(OCc3c(Cl)cccc3Cl)c(OC)c2)c(OC)c1. The zero-order valence-electron chi connectivity index (χ0n) is 22.7. The average molecular weight is 596 g/mol. The zero-order chi connectivity index (χ0) is 29.1. The van der Waals surface area contributed by atoms with Crippen LogP contribution < -0.4 is 29.6 Å². The highest BCUT2D eigenvalue weighted by Gasteiger charge is 2.34. The summed E-state index contributed by atoms with van der Waals surface area (Å²) < 4.78 is 24.1. The van der Waals surface area contributed by atoms with E-state index in [4.69, 9.17) is 42.1 Å². The van der Waals surface area contributed by atoms with Crippen molar-refractivity contribution in [2.45, 2.75) is 19.6 Å². The van der Waals surface area contributed by atoms with Gasteiger partial charge in [0.2, 0.25) is 5.95 Å². The van der Waals surface area contributed by atoms with Gasteiger partial charge in [0.05, 0.1) is 32.6 Å². The van der Waals surface area contributed by atoms with E-state index in [1.54, 1.807) is 67.4 Å². The van der Waals surface area contributed by atoms with Crippen LogP contribution in [0.1, 0.15) is 24.1 Å². The molecule has 2 heterocycles. The molecule has 1 amide bonds. The molecule has 0 radical (unpaired) electrons. The van der Waals surface area contributed by atoms with Crippen LogP contribution >= 0.6 is 23.2 Å². The quantitative estimate of drug-likeness (QED) is 0.238. The maximum absolute atomic E-state index is 13.8. The first-order valence-electron chi connectivity index (χ1n) is 12.5. The van der Waals surface area contributed by atoms with E-state index in [-0.39, 0.29) is 12.5 Å². The minimum Gasteiger partial charge on any atom is -0.497 e. The average Bonchev–Trinajstić information content (AvgIpc) is 3.44. The summed E-state index contributed by atoms with van der Waals surface area (Å²) in [7, 11) is 4.63. The first kappa shape index (κ1) is 28.1. The molecule has 0 spiro atoms. The number of hydrogen-bond acceptors (Lipinski definition) is 8. The number of allylic oxidation sites excluding steroid dienone is 1.